The molecule has 0 rings (SSSR count). The number of phosphoric acid groups is 1. The minimum atomic E-state index is -3.45. The van der Waals surface area contributed by atoms with Gasteiger partial charge in [-0.05, 0) is 13.3 Å². The van der Waals surface area contributed by atoms with Gasteiger partial charge in [-0.3, -0.25) is 9.05 Å². The molecule has 4 nitrogen and oxygen atoms in total. The fraction of sp³-hybridized carbons (Fsp3) is 1.00. The first kappa shape index (κ1) is 11.4. The maximum Gasteiger partial charge on any atom is 0.491 e. The highest BCUT2D eigenvalue weighted by Crippen LogP contribution is 2.50. The Kier molecular flexibility index (Phi) is 6.19. The molecular formula is C5H12ClO4P. The van der Waals surface area contributed by atoms with Gasteiger partial charge in [0.25, 0.3) is 0 Å². The molecule has 0 fully saturated rings. The predicted octanol–water partition coefficient (Wildman–Crippen LogP) is 2.73. The first-order valence-electron chi connectivity index (χ1n) is 3.38. The van der Waals surface area contributed by atoms with E-state index >= 15 is 0 Å². The summed E-state index contributed by atoms with van der Waals surface area (Å²) in [4.78, 5) is 0. The Morgan fingerprint density at radius 2 is 2.00 bits per heavy atom. The molecule has 0 aliphatic rings. The van der Waals surface area contributed by atoms with Crippen LogP contribution in [-0.2, 0) is 17.7 Å². The molecule has 0 amide bonds. The van der Waals surface area contributed by atoms with Crippen LogP contribution in [0.1, 0.15) is 20.3 Å². The average molecular weight is 203 g/mol. The summed E-state index contributed by atoms with van der Waals surface area (Å²) in [7, 11) is -3.45. The van der Waals surface area contributed by atoms with Gasteiger partial charge in [-0.15, -0.1) is 0 Å². The minimum Gasteiger partial charge on any atom is -0.286 e. The van der Waals surface area contributed by atoms with Crippen LogP contribution in [0.25, 0.3) is 0 Å². The smallest absolute Gasteiger partial charge is 0.286 e. The zero-order valence-corrected chi connectivity index (χ0v) is 8.23. The zero-order chi connectivity index (χ0) is 8.74. The molecule has 1 unspecified atom stereocenters. The van der Waals surface area contributed by atoms with Crippen molar-refractivity contribution in [2.75, 3.05) is 13.2 Å². The highest BCUT2D eigenvalue weighted by atomic mass is 35.5. The summed E-state index contributed by atoms with van der Waals surface area (Å²) in [5.74, 6) is 0. The summed E-state index contributed by atoms with van der Waals surface area (Å²) in [5, 5.41) is 0. The molecule has 11 heavy (non-hydrogen) atoms. The van der Waals surface area contributed by atoms with Gasteiger partial charge in [0.05, 0.1) is 25.1 Å². The standard InChI is InChI=1S/C5H12ClO4P/c1-3-5-9-11(7,10-6)8-4-2/h3-5H2,1-2H3. The van der Waals surface area contributed by atoms with E-state index in [1.54, 1.807) is 6.92 Å². The number of hydrogen-bond acceptors (Lipinski definition) is 4. The van der Waals surface area contributed by atoms with E-state index < -0.39 is 7.82 Å². The van der Waals surface area contributed by atoms with E-state index in [0.717, 1.165) is 6.42 Å². The van der Waals surface area contributed by atoms with Crippen LogP contribution in [-0.4, -0.2) is 13.2 Å². The molecule has 0 N–H and O–H groups in total. The topological polar surface area (TPSA) is 44.8 Å². The Hall–Kier alpha value is 0.400. The third-order valence-electron chi connectivity index (χ3n) is 0.825. The van der Waals surface area contributed by atoms with Crippen molar-refractivity contribution in [3.05, 3.63) is 0 Å². The molecule has 0 aromatic heterocycles. The van der Waals surface area contributed by atoms with Gasteiger partial charge in [-0.25, -0.2) is 4.57 Å². The van der Waals surface area contributed by atoms with Crippen molar-refractivity contribution in [1.82, 2.24) is 0 Å². The molecular weight excluding hydrogens is 190 g/mol. The van der Waals surface area contributed by atoms with Gasteiger partial charge < -0.3 is 0 Å². The fourth-order valence-corrected chi connectivity index (χ4v) is 1.55. The second kappa shape index (κ2) is 5.98. The minimum absolute atomic E-state index is 0.244. The van der Waals surface area contributed by atoms with Crippen LogP contribution >= 0.6 is 19.7 Å². The van der Waals surface area contributed by atoms with Crippen molar-refractivity contribution in [2.24, 2.45) is 0 Å². The van der Waals surface area contributed by atoms with Gasteiger partial charge in [0.1, 0.15) is 0 Å². The third-order valence-corrected chi connectivity index (χ3v) is 2.57. The first-order valence-corrected chi connectivity index (χ1v) is 5.15. The Morgan fingerprint density at radius 1 is 1.36 bits per heavy atom. The van der Waals surface area contributed by atoms with Gasteiger partial charge in [-0.1, -0.05) is 6.92 Å². The van der Waals surface area contributed by atoms with Crippen LogP contribution in [0.2, 0.25) is 0 Å². The Morgan fingerprint density at radius 3 is 2.36 bits per heavy atom. The lowest BCUT2D eigenvalue weighted by atomic mass is 10.5. The molecule has 0 aromatic carbocycles. The van der Waals surface area contributed by atoms with E-state index in [1.165, 1.54) is 0 Å². The van der Waals surface area contributed by atoms with Gasteiger partial charge in [0, 0.05) is 0 Å². The van der Waals surface area contributed by atoms with Gasteiger partial charge >= 0.3 is 7.82 Å². The van der Waals surface area contributed by atoms with E-state index in [1.807, 2.05) is 6.92 Å². The van der Waals surface area contributed by atoms with Crippen LogP contribution in [0.4, 0.5) is 0 Å². The van der Waals surface area contributed by atoms with Crippen LogP contribution in [0.3, 0.4) is 0 Å². The number of phosphoric ester groups is 1. The normalized spacial score (nSPS) is 16.3. The Labute approximate surface area is 71.6 Å². The average Bonchev–Trinajstić information content (AvgIpc) is 2.02. The van der Waals surface area contributed by atoms with E-state index in [9.17, 15) is 4.57 Å². The largest absolute Gasteiger partial charge is 0.491 e. The van der Waals surface area contributed by atoms with Gasteiger partial charge in [0.15, 0.2) is 0 Å². The Balaban J connectivity index is 3.79. The quantitative estimate of drug-likeness (QED) is 0.622. The summed E-state index contributed by atoms with van der Waals surface area (Å²) >= 11 is 4.91. The lowest BCUT2D eigenvalue weighted by molar-refractivity contribution is 0.165. The lowest BCUT2D eigenvalue weighted by Gasteiger charge is -2.11. The molecule has 0 spiro atoms. The highest BCUT2D eigenvalue weighted by molar-refractivity contribution is 7.49. The summed E-state index contributed by atoms with van der Waals surface area (Å²) in [5.41, 5.74) is 0. The molecule has 0 aliphatic carbocycles. The molecule has 0 bridgehead atoms. The molecule has 0 radical (unpaired) electrons. The molecule has 0 aliphatic heterocycles. The number of hydrogen-bond donors (Lipinski definition) is 0. The second-order valence-corrected chi connectivity index (χ2v) is 3.73. The summed E-state index contributed by atoms with van der Waals surface area (Å²) in [6, 6.07) is 0. The fourth-order valence-electron chi connectivity index (χ4n) is 0.438. The van der Waals surface area contributed by atoms with Crippen molar-refractivity contribution in [1.29, 1.82) is 0 Å². The van der Waals surface area contributed by atoms with Crippen molar-refractivity contribution < 1.29 is 17.7 Å². The molecule has 0 saturated carbocycles. The van der Waals surface area contributed by atoms with Crippen molar-refractivity contribution in [3.8, 4) is 0 Å². The van der Waals surface area contributed by atoms with Crippen LogP contribution in [0.15, 0.2) is 0 Å². The second-order valence-electron chi connectivity index (χ2n) is 1.77. The first-order chi connectivity index (χ1) is 5.18. The Bertz CT molecular complexity index is 140. The predicted molar refractivity (Wildman–Crippen MR) is 42.4 cm³/mol. The van der Waals surface area contributed by atoms with Crippen molar-refractivity contribution in [2.45, 2.75) is 20.3 Å². The van der Waals surface area contributed by atoms with E-state index in [4.69, 9.17) is 16.4 Å². The molecule has 1 atom stereocenters. The maximum atomic E-state index is 11.1. The summed E-state index contributed by atoms with van der Waals surface area (Å²) in [6.45, 7) is 4.11. The van der Waals surface area contributed by atoms with E-state index in [-0.39, 0.29) is 6.61 Å². The summed E-state index contributed by atoms with van der Waals surface area (Å²) < 4.78 is 24.6. The van der Waals surface area contributed by atoms with Crippen molar-refractivity contribution >= 4 is 19.7 Å². The molecule has 68 valence electrons. The van der Waals surface area contributed by atoms with Crippen LogP contribution in [0.5, 0.6) is 0 Å². The molecule has 6 heteroatoms. The van der Waals surface area contributed by atoms with Crippen molar-refractivity contribution in [3.63, 3.8) is 0 Å². The molecule has 0 heterocycles. The number of rotatable bonds is 6. The van der Waals surface area contributed by atoms with Crippen LogP contribution < -0.4 is 0 Å². The molecule has 0 aromatic rings. The van der Waals surface area contributed by atoms with Gasteiger partial charge in [0.2, 0.25) is 0 Å². The monoisotopic (exact) mass is 202 g/mol. The maximum absolute atomic E-state index is 11.1. The van der Waals surface area contributed by atoms with Gasteiger partial charge in [-0.2, -0.15) is 4.08 Å². The molecule has 0 saturated heterocycles. The highest BCUT2D eigenvalue weighted by Gasteiger charge is 2.24. The number of halogens is 1. The lowest BCUT2D eigenvalue weighted by Crippen LogP contribution is -1.96. The summed E-state index contributed by atoms with van der Waals surface area (Å²) in [6.07, 6.45) is 0.733. The SMILES string of the molecule is CCCOP(=O)(OCl)OCC. The third kappa shape index (κ3) is 4.77. The van der Waals surface area contributed by atoms with Crippen LogP contribution in [0, 0.1) is 0 Å². The zero-order valence-electron chi connectivity index (χ0n) is 6.58. The van der Waals surface area contributed by atoms with E-state index in [0.29, 0.717) is 6.61 Å². The van der Waals surface area contributed by atoms with E-state index in [2.05, 4.69) is 8.60 Å².